The maximum absolute atomic E-state index is 13.8. The van der Waals surface area contributed by atoms with Crippen molar-refractivity contribution in [2.45, 2.75) is 32.0 Å². The second-order valence-electron chi connectivity index (χ2n) is 9.43. The van der Waals surface area contributed by atoms with Gasteiger partial charge in [-0.15, -0.1) is 0 Å². The van der Waals surface area contributed by atoms with Gasteiger partial charge in [-0.25, -0.2) is 0 Å². The van der Waals surface area contributed by atoms with Crippen molar-refractivity contribution in [1.29, 1.82) is 0 Å². The van der Waals surface area contributed by atoms with E-state index in [2.05, 4.69) is 17.1 Å². The Morgan fingerprint density at radius 3 is 2.41 bits per heavy atom. The average molecular weight is 498 g/mol. The number of amides is 2. The lowest BCUT2D eigenvalue weighted by Gasteiger charge is -2.45. The first-order valence-corrected chi connectivity index (χ1v) is 12.4. The molecular weight excluding hydrogens is 466 g/mol. The van der Waals surface area contributed by atoms with E-state index in [1.54, 1.807) is 19.1 Å². The highest BCUT2D eigenvalue weighted by molar-refractivity contribution is 6.01. The molecule has 4 aromatic rings. The van der Waals surface area contributed by atoms with Crippen molar-refractivity contribution in [3.8, 4) is 11.5 Å². The van der Waals surface area contributed by atoms with Crippen LogP contribution in [0.5, 0.6) is 11.5 Å². The predicted molar refractivity (Wildman–Crippen MR) is 143 cm³/mol. The predicted octanol–water partition coefficient (Wildman–Crippen LogP) is 4.67. The number of H-pyrrole nitrogens is 1. The van der Waals surface area contributed by atoms with E-state index in [-0.39, 0.29) is 17.9 Å². The zero-order valence-corrected chi connectivity index (χ0v) is 21.3. The van der Waals surface area contributed by atoms with Crippen LogP contribution >= 0.6 is 0 Å². The summed E-state index contributed by atoms with van der Waals surface area (Å²) in [5.41, 5.74) is 3.42. The van der Waals surface area contributed by atoms with Gasteiger partial charge < -0.3 is 24.3 Å². The van der Waals surface area contributed by atoms with Gasteiger partial charge in [-0.1, -0.05) is 42.5 Å². The van der Waals surface area contributed by atoms with Crippen molar-refractivity contribution < 1.29 is 19.1 Å². The third-order valence-corrected chi connectivity index (χ3v) is 7.08. The second-order valence-corrected chi connectivity index (χ2v) is 9.43. The number of nitrogens with one attached hydrogen (secondary N) is 1. The molecule has 1 N–H and O–H groups in total. The number of ether oxygens (including phenoxy) is 2. The summed E-state index contributed by atoms with van der Waals surface area (Å²) in [7, 11) is 3.25. The zero-order valence-electron chi connectivity index (χ0n) is 21.3. The first-order chi connectivity index (χ1) is 18.0. The molecule has 1 aliphatic rings. The highest BCUT2D eigenvalue weighted by atomic mass is 16.5. The summed E-state index contributed by atoms with van der Waals surface area (Å²) in [4.78, 5) is 34.3. The molecule has 1 fully saturated rings. The number of aromatic nitrogens is 1. The fourth-order valence-electron chi connectivity index (χ4n) is 5.04. The van der Waals surface area contributed by atoms with E-state index in [1.165, 1.54) is 0 Å². The highest BCUT2D eigenvalue weighted by Gasteiger charge is 2.40. The summed E-state index contributed by atoms with van der Waals surface area (Å²) < 4.78 is 10.7. The molecule has 190 valence electrons. The van der Waals surface area contributed by atoms with Gasteiger partial charge >= 0.3 is 0 Å². The molecule has 3 aromatic carbocycles. The van der Waals surface area contributed by atoms with Gasteiger partial charge in [0.25, 0.3) is 5.91 Å². The van der Waals surface area contributed by atoms with E-state index < -0.39 is 6.04 Å². The summed E-state index contributed by atoms with van der Waals surface area (Å²) in [5.74, 6) is 1.22. The van der Waals surface area contributed by atoms with Crippen LogP contribution in [0.25, 0.3) is 10.9 Å². The van der Waals surface area contributed by atoms with Crippen LogP contribution in [0.2, 0.25) is 0 Å². The summed E-state index contributed by atoms with van der Waals surface area (Å²) in [5, 5.41) is 0.888. The van der Waals surface area contributed by atoms with E-state index in [0.29, 0.717) is 25.2 Å². The Morgan fingerprint density at radius 2 is 1.65 bits per heavy atom. The summed E-state index contributed by atoms with van der Waals surface area (Å²) in [6, 6.07) is 24.6. The second kappa shape index (κ2) is 10.4. The number of piperazine rings is 1. The average Bonchev–Trinajstić information content (AvgIpc) is 3.36. The van der Waals surface area contributed by atoms with E-state index in [1.807, 2.05) is 78.6 Å². The molecule has 0 radical (unpaired) electrons. The van der Waals surface area contributed by atoms with Crippen molar-refractivity contribution in [2.75, 3.05) is 20.8 Å². The maximum Gasteiger partial charge on any atom is 0.271 e. The molecule has 37 heavy (non-hydrogen) atoms. The van der Waals surface area contributed by atoms with Crippen molar-refractivity contribution >= 4 is 22.7 Å². The molecule has 2 amide bonds. The molecule has 1 saturated heterocycles. The van der Waals surface area contributed by atoms with Gasteiger partial charge in [0.15, 0.2) is 0 Å². The van der Waals surface area contributed by atoms with Crippen LogP contribution in [0, 0.1) is 0 Å². The Labute approximate surface area is 216 Å². The van der Waals surface area contributed by atoms with Crippen LogP contribution in [0.15, 0.2) is 78.9 Å². The number of hydrogen-bond acceptors (Lipinski definition) is 4. The molecule has 0 spiro atoms. The standard InChI is InChI=1S/C30H31N3O4/c1-20-29(34)33(18-22-10-7-11-25(15-22)36-2)24(14-21-8-5-4-6-9-21)19-32(20)30(35)28-17-23-16-26(37-3)12-13-27(23)31-28/h4-13,15-17,20,24,31H,14,18-19H2,1-3H3/t20-,24-/m0/s1. The molecule has 1 aromatic heterocycles. The summed E-state index contributed by atoms with van der Waals surface area (Å²) in [6.07, 6.45) is 0.650. The number of carbonyl (C=O) groups excluding carboxylic acids is 2. The van der Waals surface area contributed by atoms with Gasteiger partial charge in [0.1, 0.15) is 23.2 Å². The molecule has 0 unspecified atom stereocenters. The minimum absolute atomic E-state index is 0.0684. The molecular formula is C30H31N3O4. The quantitative estimate of drug-likeness (QED) is 0.403. The number of hydrogen-bond donors (Lipinski definition) is 1. The maximum atomic E-state index is 13.8. The Hall–Kier alpha value is -4.26. The number of carbonyl (C=O) groups is 2. The first-order valence-electron chi connectivity index (χ1n) is 12.4. The molecule has 5 rings (SSSR count). The van der Waals surface area contributed by atoms with Crippen molar-refractivity contribution in [1.82, 2.24) is 14.8 Å². The van der Waals surface area contributed by atoms with Crippen LogP contribution in [0.4, 0.5) is 0 Å². The normalized spacial score (nSPS) is 17.8. The number of aromatic amines is 1. The monoisotopic (exact) mass is 497 g/mol. The molecule has 7 nitrogen and oxygen atoms in total. The molecule has 0 aliphatic carbocycles. The van der Waals surface area contributed by atoms with Gasteiger partial charge in [0.05, 0.1) is 20.3 Å². The summed E-state index contributed by atoms with van der Waals surface area (Å²) in [6.45, 7) is 2.69. The van der Waals surface area contributed by atoms with Crippen molar-refractivity contribution in [3.63, 3.8) is 0 Å². The Morgan fingerprint density at radius 1 is 0.919 bits per heavy atom. The number of nitrogens with zero attached hydrogens (tertiary/aromatic N) is 2. The lowest BCUT2D eigenvalue weighted by atomic mass is 9.98. The van der Waals surface area contributed by atoms with Crippen LogP contribution in [0.1, 0.15) is 28.5 Å². The minimum atomic E-state index is -0.592. The van der Waals surface area contributed by atoms with Crippen molar-refractivity contribution in [2.24, 2.45) is 0 Å². The fraction of sp³-hybridized carbons (Fsp3) is 0.267. The highest BCUT2D eigenvalue weighted by Crippen LogP contribution is 2.27. The molecule has 0 bridgehead atoms. The molecule has 2 atom stereocenters. The van der Waals surface area contributed by atoms with E-state index >= 15 is 0 Å². The van der Waals surface area contributed by atoms with Crippen LogP contribution in [-0.4, -0.2) is 59.4 Å². The molecule has 0 saturated carbocycles. The number of benzene rings is 3. The minimum Gasteiger partial charge on any atom is -0.497 e. The van der Waals surface area contributed by atoms with Crippen LogP contribution < -0.4 is 9.47 Å². The van der Waals surface area contributed by atoms with E-state index in [4.69, 9.17) is 9.47 Å². The third kappa shape index (κ3) is 5.03. The van der Waals surface area contributed by atoms with Gasteiger partial charge in [-0.05, 0) is 60.9 Å². The SMILES string of the molecule is COc1cccc(CN2C(=O)[C@H](C)N(C(=O)c3cc4cc(OC)ccc4[nH]3)C[C@@H]2Cc2ccccc2)c1. The molecule has 1 aliphatic heterocycles. The van der Waals surface area contributed by atoms with E-state index in [0.717, 1.165) is 33.5 Å². The van der Waals surface area contributed by atoms with Gasteiger partial charge in [0, 0.05) is 24.0 Å². The van der Waals surface area contributed by atoms with Crippen LogP contribution in [-0.2, 0) is 17.8 Å². The van der Waals surface area contributed by atoms with Gasteiger partial charge in [0.2, 0.25) is 5.91 Å². The Kier molecular flexibility index (Phi) is 6.86. The third-order valence-electron chi connectivity index (χ3n) is 7.08. The number of fused-ring (bicyclic) bond motifs is 1. The molecule has 7 heteroatoms. The fourth-order valence-corrected chi connectivity index (χ4v) is 5.04. The number of methoxy groups -OCH3 is 2. The van der Waals surface area contributed by atoms with Gasteiger partial charge in [-0.2, -0.15) is 0 Å². The molecule has 2 heterocycles. The van der Waals surface area contributed by atoms with Gasteiger partial charge in [-0.3, -0.25) is 9.59 Å². The first kappa shape index (κ1) is 24.4. The topological polar surface area (TPSA) is 74.9 Å². The zero-order chi connectivity index (χ0) is 25.9. The van der Waals surface area contributed by atoms with Crippen molar-refractivity contribution in [3.05, 3.63) is 95.7 Å². The Bertz CT molecular complexity index is 1410. The Balaban J connectivity index is 1.45. The number of rotatable bonds is 7. The lowest BCUT2D eigenvalue weighted by Crippen LogP contribution is -2.62. The largest absolute Gasteiger partial charge is 0.497 e. The lowest BCUT2D eigenvalue weighted by molar-refractivity contribution is -0.144. The summed E-state index contributed by atoms with van der Waals surface area (Å²) >= 11 is 0. The van der Waals surface area contributed by atoms with E-state index in [9.17, 15) is 9.59 Å². The smallest absolute Gasteiger partial charge is 0.271 e. The van der Waals surface area contributed by atoms with Crippen LogP contribution in [0.3, 0.4) is 0 Å².